The summed E-state index contributed by atoms with van der Waals surface area (Å²) < 4.78 is 1.82. The van der Waals surface area contributed by atoms with E-state index in [4.69, 9.17) is 10.9 Å². The molecule has 1 amide bonds. The van der Waals surface area contributed by atoms with Crippen molar-refractivity contribution >= 4 is 11.7 Å². The minimum absolute atomic E-state index is 0.0609. The van der Waals surface area contributed by atoms with Crippen molar-refractivity contribution in [1.29, 1.82) is 0 Å². The van der Waals surface area contributed by atoms with Gasteiger partial charge in [-0.1, -0.05) is 18.5 Å². The van der Waals surface area contributed by atoms with Gasteiger partial charge in [-0.15, -0.1) is 0 Å². The molecule has 0 fully saturated rings. The molecule has 1 heterocycles. The Labute approximate surface area is 106 Å². The molecule has 0 aliphatic carbocycles. The zero-order valence-corrected chi connectivity index (χ0v) is 10.6. The number of amides is 1. The zero-order chi connectivity index (χ0) is 13.5. The summed E-state index contributed by atoms with van der Waals surface area (Å²) in [6.45, 7) is 2.25. The first kappa shape index (κ1) is 14.0. The summed E-state index contributed by atoms with van der Waals surface area (Å²) >= 11 is 0. The highest BCUT2D eigenvalue weighted by Crippen LogP contribution is 2.07. The van der Waals surface area contributed by atoms with E-state index in [0.717, 1.165) is 12.2 Å². The van der Waals surface area contributed by atoms with E-state index in [1.807, 2.05) is 18.5 Å². The third-order valence-corrected chi connectivity index (χ3v) is 2.71. The average molecular weight is 253 g/mol. The summed E-state index contributed by atoms with van der Waals surface area (Å²) in [5.74, 6) is -0.164. The second kappa shape index (κ2) is 6.63. The van der Waals surface area contributed by atoms with Crippen LogP contribution in [-0.4, -0.2) is 26.5 Å². The van der Waals surface area contributed by atoms with E-state index in [1.165, 1.54) is 0 Å². The SMILES string of the molecule is CCCC(C(=O)NCc1nccn1C)C(N)=NO. The number of nitrogens with two attached hydrogens (primary N) is 1. The number of hydrogen-bond donors (Lipinski definition) is 3. The molecule has 7 heteroatoms. The van der Waals surface area contributed by atoms with Gasteiger partial charge in [0.1, 0.15) is 5.82 Å². The van der Waals surface area contributed by atoms with Crippen LogP contribution in [0.3, 0.4) is 0 Å². The second-order valence-corrected chi connectivity index (χ2v) is 4.04. The topological polar surface area (TPSA) is 106 Å². The van der Waals surface area contributed by atoms with Crippen molar-refractivity contribution in [3.63, 3.8) is 0 Å². The van der Waals surface area contributed by atoms with Crippen LogP contribution in [0.25, 0.3) is 0 Å². The van der Waals surface area contributed by atoms with E-state index in [2.05, 4.69) is 15.5 Å². The number of oxime groups is 1. The molecule has 0 aliphatic rings. The van der Waals surface area contributed by atoms with Crippen LogP contribution in [0, 0.1) is 5.92 Å². The number of nitrogens with one attached hydrogen (secondary N) is 1. The van der Waals surface area contributed by atoms with Gasteiger partial charge >= 0.3 is 0 Å². The van der Waals surface area contributed by atoms with Gasteiger partial charge in [-0.25, -0.2) is 4.98 Å². The molecule has 4 N–H and O–H groups in total. The quantitative estimate of drug-likeness (QED) is 0.291. The first-order valence-corrected chi connectivity index (χ1v) is 5.81. The van der Waals surface area contributed by atoms with E-state index >= 15 is 0 Å². The Bertz CT molecular complexity index is 427. The minimum atomic E-state index is -0.597. The first-order valence-electron chi connectivity index (χ1n) is 5.81. The molecular formula is C11H19N5O2. The standard InChI is InChI=1S/C11H19N5O2/c1-3-4-8(10(12)15-18)11(17)14-7-9-13-5-6-16(9)2/h5-6,8,18H,3-4,7H2,1-2H3,(H2,12,15)(H,14,17). The average Bonchev–Trinajstić information content (AvgIpc) is 2.77. The number of rotatable bonds is 6. The molecule has 7 nitrogen and oxygen atoms in total. The van der Waals surface area contributed by atoms with Gasteiger partial charge < -0.3 is 20.8 Å². The Morgan fingerprint density at radius 3 is 2.94 bits per heavy atom. The predicted molar refractivity (Wildman–Crippen MR) is 66.9 cm³/mol. The van der Waals surface area contributed by atoms with Gasteiger partial charge in [-0.05, 0) is 6.42 Å². The van der Waals surface area contributed by atoms with Crippen LogP contribution in [-0.2, 0) is 18.4 Å². The van der Waals surface area contributed by atoms with Gasteiger partial charge in [0.05, 0.1) is 12.5 Å². The fraction of sp³-hybridized carbons (Fsp3) is 0.545. The van der Waals surface area contributed by atoms with Crippen LogP contribution in [0.4, 0.5) is 0 Å². The summed E-state index contributed by atoms with van der Waals surface area (Å²) in [4.78, 5) is 16.0. The third-order valence-electron chi connectivity index (χ3n) is 2.71. The number of imidazole rings is 1. The molecule has 1 unspecified atom stereocenters. The summed E-state index contributed by atoms with van der Waals surface area (Å²) in [6.07, 6.45) is 4.78. The van der Waals surface area contributed by atoms with Crippen molar-refractivity contribution in [1.82, 2.24) is 14.9 Å². The molecule has 1 aromatic heterocycles. The van der Waals surface area contributed by atoms with Crippen LogP contribution in [0.15, 0.2) is 17.5 Å². The summed E-state index contributed by atoms with van der Waals surface area (Å²) in [5, 5.41) is 14.3. The van der Waals surface area contributed by atoms with Gasteiger partial charge in [-0.2, -0.15) is 0 Å². The van der Waals surface area contributed by atoms with Gasteiger partial charge in [0, 0.05) is 19.4 Å². The molecule has 0 saturated heterocycles. The highest BCUT2D eigenvalue weighted by molar-refractivity contribution is 6.01. The van der Waals surface area contributed by atoms with E-state index in [1.54, 1.807) is 12.4 Å². The number of carbonyl (C=O) groups excluding carboxylic acids is 1. The van der Waals surface area contributed by atoms with E-state index < -0.39 is 5.92 Å². The van der Waals surface area contributed by atoms with E-state index in [0.29, 0.717) is 13.0 Å². The predicted octanol–water partition coefficient (Wildman–Crippen LogP) is 0.199. The lowest BCUT2D eigenvalue weighted by molar-refractivity contribution is -0.123. The maximum atomic E-state index is 11.9. The molecule has 1 atom stereocenters. The maximum Gasteiger partial charge on any atom is 0.231 e. The molecule has 0 bridgehead atoms. The largest absolute Gasteiger partial charge is 0.409 e. The van der Waals surface area contributed by atoms with Crippen molar-refractivity contribution < 1.29 is 10.0 Å². The molecule has 1 rings (SSSR count). The van der Waals surface area contributed by atoms with Crippen molar-refractivity contribution in [3.05, 3.63) is 18.2 Å². The Morgan fingerprint density at radius 2 is 2.44 bits per heavy atom. The Morgan fingerprint density at radius 1 is 1.72 bits per heavy atom. The Kier molecular flexibility index (Phi) is 5.16. The van der Waals surface area contributed by atoms with Crippen molar-refractivity contribution in [3.8, 4) is 0 Å². The van der Waals surface area contributed by atoms with Crippen LogP contribution < -0.4 is 11.1 Å². The molecule has 1 aromatic rings. The number of aromatic nitrogens is 2. The highest BCUT2D eigenvalue weighted by atomic mass is 16.4. The van der Waals surface area contributed by atoms with E-state index in [9.17, 15) is 4.79 Å². The third kappa shape index (κ3) is 3.47. The van der Waals surface area contributed by atoms with Gasteiger partial charge in [0.25, 0.3) is 0 Å². The van der Waals surface area contributed by atoms with Gasteiger partial charge in [0.2, 0.25) is 5.91 Å². The molecule has 0 spiro atoms. The van der Waals surface area contributed by atoms with Gasteiger partial charge in [0.15, 0.2) is 5.84 Å². The lowest BCUT2D eigenvalue weighted by atomic mass is 10.0. The van der Waals surface area contributed by atoms with Crippen molar-refractivity contribution in [2.24, 2.45) is 23.9 Å². The molecule has 0 aliphatic heterocycles. The lowest BCUT2D eigenvalue weighted by Crippen LogP contribution is -2.39. The number of nitrogens with zero attached hydrogens (tertiary/aromatic N) is 3. The molecule has 0 aromatic carbocycles. The van der Waals surface area contributed by atoms with Crippen LogP contribution in [0.2, 0.25) is 0 Å². The van der Waals surface area contributed by atoms with Crippen LogP contribution in [0.1, 0.15) is 25.6 Å². The highest BCUT2D eigenvalue weighted by Gasteiger charge is 2.22. The van der Waals surface area contributed by atoms with Crippen LogP contribution in [0.5, 0.6) is 0 Å². The smallest absolute Gasteiger partial charge is 0.231 e. The van der Waals surface area contributed by atoms with Gasteiger partial charge in [-0.3, -0.25) is 4.79 Å². The lowest BCUT2D eigenvalue weighted by Gasteiger charge is -2.14. The second-order valence-electron chi connectivity index (χ2n) is 4.04. The van der Waals surface area contributed by atoms with E-state index in [-0.39, 0.29) is 11.7 Å². The fourth-order valence-corrected chi connectivity index (χ4v) is 1.63. The monoisotopic (exact) mass is 253 g/mol. The minimum Gasteiger partial charge on any atom is -0.409 e. The molecule has 0 saturated carbocycles. The molecule has 100 valence electrons. The zero-order valence-electron chi connectivity index (χ0n) is 10.6. The maximum absolute atomic E-state index is 11.9. The number of amidine groups is 1. The molecule has 18 heavy (non-hydrogen) atoms. The fourth-order valence-electron chi connectivity index (χ4n) is 1.63. The Balaban J connectivity index is 2.60. The summed E-state index contributed by atoms with van der Waals surface area (Å²) in [7, 11) is 1.85. The molecular weight excluding hydrogens is 234 g/mol. The first-order chi connectivity index (χ1) is 8.60. The van der Waals surface area contributed by atoms with Crippen LogP contribution >= 0.6 is 0 Å². The summed E-state index contributed by atoms with van der Waals surface area (Å²) in [6, 6.07) is 0. The normalized spacial score (nSPS) is 13.3. The Hall–Kier alpha value is -2.05. The van der Waals surface area contributed by atoms with Crippen molar-refractivity contribution in [2.45, 2.75) is 26.3 Å². The number of aryl methyl sites for hydroxylation is 1. The molecule has 0 radical (unpaired) electrons. The van der Waals surface area contributed by atoms with Crippen molar-refractivity contribution in [2.75, 3.05) is 0 Å². The number of carbonyl (C=O) groups is 1. The number of hydrogen-bond acceptors (Lipinski definition) is 4. The summed E-state index contributed by atoms with van der Waals surface area (Å²) in [5.41, 5.74) is 5.50.